The van der Waals surface area contributed by atoms with Gasteiger partial charge in [0.25, 0.3) is 0 Å². The predicted molar refractivity (Wildman–Crippen MR) is 16.1 cm³/mol. The van der Waals surface area contributed by atoms with E-state index in [4.69, 9.17) is 7.85 Å². The number of nitrogens with two attached hydrogens (primary N) is 1. The summed E-state index contributed by atoms with van der Waals surface area (Å²) >= 11 is 0. The van der Waals surface area contributed by atoms with E-state index in [9.17, 15) is 0 Å². The average Bonchev–Trinajstić information content (AvgIpc) is 1.35. The molecule has 0 radical (unpaired) electrons. The van der Waals surface area contributed by atoms with Crippen molar-refractivity contribution in [1.29, 1.82) is 0 Å². The Labute approximate surface area is 28.0 Å². The van der Waals surface area contributed by atoms with Crippen molar-refractivity contribution >= 4 is 0 Å². The van der Waals surface area contributed by atoms with Crippen LogP contribution in [0, 0.1) is 0 Å². The summed E-state index contributed by atoms with van der Waals surface area (Å²) in [6, 6.07) is 0. The van der Waals surface area contributed by atoms with Gasteiger partial charge in [-0.15, -0.1) is 0 Å². The topological polar surface area (TPSA) is 46.2 Å². The Bertz CT molecular complexity index is 41.3. The second-order valence-electron chi connectivity index (χ2n) is 0.362. The molecule has 0 bridgehead atoms. The van der Waals surface area contributed by atoms with Gasteiger partial charge in [0.2, 0.25) is 0 Å². The number of hydrogen-bond acceptors (Lipinski definition) is 2. The summed E-state index contributed by atoms with van der Waals surface area (Å²) in [5.74, 6) is 0. The van der Waals surface area contributed by atoms with Gasteiger partial charge in [-0.2, -0.15) is 0 Å². The van der Waals surface area contributed by atoms with Crippen molar-refractivity contribution in [2.45, 2.75) is 0 Å². The van der Waals surface area contributed by atoms with E-state index in [1.807, 2.05) is 0 Å². The monoisotopic (exact) mass is 63.1 g/mol. The fourth-order valence-electron chi connectivity index (χ4n) is 0. The lowest BCUT2D eigenvalue weighted by molar-refractivity contribution is 0.306. The zero-order valence-electron chi connectivity index (χ0n) is 4.23. The fraction of sp³-hybridized carbons (Fsp3) is 1.00. The quantitative estimate of drug-likeness (QED) is 0.407. The van der Waals surface area contributed by atoms with Crippen LogP contribution in [0.15, 0.2) is 0 Å². The minimum Gasteiger partial charge on any atom is -0.395 e. The molecular formula is C2H7NO. The van der Waals surface area contributed by atoms with E-state index in [2.05, 4.69) is 5.73 Å². The molecule has 0 saturated heterocycles. The van der Waals surface area contributed by atoms with Gasteiger partial charge < -0.3 is 10.8 Å². The van der Waals surface area contributed by atoms with Crippen molar-refractivity contribution in [3.8, 4) is 0 Å². The van der Waals surface area contributed by atoms with E-state index in [1.165, 1.54) is 0 Å². The molecule has 26 valence electrons. The standard InChI is InChI=1S/C2H7NO/c3-1-2-4/h4H,1-3H2/i2D2. The maximum absolute atomic E-state index is 8.03. The normalized spacial score (nSPS) is 18.5. The molecule has 0 aromatic rings. The predicted octanol–water partition coefficient (Wildman–Crippen LogP) is -1.06. The molecule has 0 aromatic carbocycles. The van der Waals surface area contributed by atoms with Gasteiger partial charge in [0.15, 0.2) is 0 Å². The first-order valence-corrected chi connectivity index (χ1v) is 0.985. The maximum Gasteiger partial charge on any atom is 0.0577 e. The third-order valence-electron chi connectivity index (χ3n) is 0.0913. The SMILES string of the molecule is [2H]C([2H])(O)CN. The van der Waals surface area contributed by atoms with Crippen LogP contribution >= 0.6 is 0 Å². The molecule has 0 amide bonds. The highest BCUT2D eigenvalue weighted by Gasteiger charge is 1.56. The van der Waals surface area contributed by atoms with Gasteiger partial charge in [-0.05, 0) is 0 Å². The van der Waals surface area contributed by atoms with Crippen molar-refractivity contribution < 1.29 is 7.85 Å². The zero-order chi connectivity index (χ0) is 5.21. The van der Waals surface area contributed by atoms with Crippen LogP contribution < -0.4 is 5.73 Å². The number of hydrogen-bond donors (Lipinski definition) is 2. The lowest BCUT2D eigenvalue weighted by Crippen LogP contribution is -2.02. The van der Waals surface area contributed by atoms with E-state index in [0.29, 0.717) is 0 Å². The van der Waals surface area contributed by atoms with Gasteiger partial charge >= 0.3 is 0 Å². The first-order valence-electron chi connectivity index (χ1n) is 1.99. The summed E-state index contributed by atoms with van der Waals surface area (Å²) in [7, 11) is 0. The average molecular weight is 63.1 g/mol. The molecule has 0 rings (SSSR count). The summed E-state index contributed by atoms with van der Waals surface area (Å²) in [5, 5.41) is 8.03. The summed E-state index contributed by atoms with van der Waals surface area (Å²) in [6.07, 6.45) is 0. The molecule has 0 atom stereocenters. The molecule has 0 spiro atoms. The molecule has 0 aliphatic rings. The Morgan fingerprint density at radius 2 is 2.50 bits per heavy atom. The van der Waals surface area contributed by atoms with Crippen LogP contribution in [0.5, 0.6) is 0 Å². The van der Waals surface area contributed by atoms with Gasteiger partial charge in [-0.1, -0.05) is 0 Å². The first kappa shape index (κ1) is 1.38. The van der Waals surface area contributed by atoms with Crippen molar-refractivity contribution in [2.24, 2.45) is 5.73 Å². The summed E-state index contributed by atoms with van der Waals surface area (Å²) in [5.41, 5.74) is 4.68. The maximum atomic E-state index is 8.03. The molecule has 0 saturated carbocycles. The lowest BCUT2D eigenvalue weighted by atomic mass is 10.8. The van der Waals surface area contributed by atoms with Crippen molar-refractivity contribution in [3.05, 3.63) is 0 Å². The molecule has 4 heavy (non-hydrogen) atoms. The molecule has 0 aromatic heterocycles. The van der Waals surface area contributed by atoms with Crippen LogP contribution in [0.4, 0.5) is 0 Å². The van der Waals surface area contributed by atoms with Gasteiger partial charge in [0.1, 0.15) is 0 Å². The van der Waals surface area contributed by atoms with Crippen LogP contribution in [0.2, 0.25) is 0 Å². The fourth-order valence-corrected chi connectivity index (χ4v) is 0. The highest BCUT2D eigenvalue weighted by Crippen LogP contribution is 1.33. The van der Waals surface area contributed by atoms with E-state index in [-0.39, 0.29) is 6.54 Å². The molecule has 3 N–H and O–H groups in total. The molecule has 0 heterocycles. The van der Waals surface area contributed by atoms with Crippen LogP contribution in [-0.4, -0.2) is 18.2 Å². The van der Waals surface area contributed by atoms with Gasteiger partial charge in [0, 0.05) is 6.54 Å². The smallest absolute Gasteiger partial charge is 0.0577 e. The Kier molecular flexibility index (Phi) is 1.01. The largest absolute Gasteiger partial charge is 0.395 e. The molecule has 2 nitrogen and oxygen atoms in total. The molecule has 0 aliphatic carbocycles. The van der Waals surface area contributed by atoms with E-state index in [0.717, 1.165) is 0 Å². The minimum absolute atomic E-state index is 0.340. The molecule has 0 aliphatic heterocycles. The first-order chi connectivity index (χ1) is 2.56. The Balaban J connectivity index is 3.17. The summed E-state index contributed by atoms with van der Waals surface area (Å²) < 4.78 is 12.6. The summed E-state index contributed by atoms with van der Waals surface area (Å²) in [6.45, 7) is -2.52. The Hall–Kier alpha value is -0.0800. The van der Waals surface area contributed by atoms with Crippen LogP contribution in [0.25, 0.3) is 0 Å². The molecular weight excluding hydrogens is 54.0 g/mol. The van der Waals surface area contributed by atoms with Crippen LogP contribution in [-0.2, 0) is 0 Å². The van der Waals surface area contributed by atoms with Gasteiger partial charge in [0.05, 0.1) is 9.30 Å². The Morgan fingerprint density at radius 3 is 2.50 bits per heavy atom. The minimum atomic E-state index is -2.18. The molecule has 0 fully saturated rings. The van der Waals surface area contributed by atoms with E-state index < -0.39 is 6.56 Å². The lowest BCUT2D eigenvalue weighted by Gasteiger charge is -1.71. The van der Waals surface area contributed by atoms with E-state index in [1.54, 1.807) is 0 Å². The third-order valence-corrected chi connectivity index (χ3v) is 0.0913. The Morgan fingerprint density at radius 1 is 2.25 bits per heavy atom. The van der Waals surface area contributed by atoms with Crippen molar-refractivity contribution in [1.82, 2.24) is 0 Å². The van der Waals surface area contributed by atoms with Crippen molar-refractivity contribution in [3.63, 3.8) is 0 Å². The van der Waals surface area contributed by atoms with Crippen molar-refractivity contribution in [2.75, 3.05) is 13.1 Å². The number of aliphatic hydroxyl groups is 1. The van der Waals surface area contributed by atoms with E-state index >= 15 is 0 Å². The summed E-state index contributed by atoms with van der Waals surface area (Å²) in [4.78, 5) is 0. The molecule has 2 heteroatoms. The van der Waals surface area contributed by atoms with Gasteiger partial charge in [-0.3, -0.25) is 0 Å². The second-order valence-corrected chi connectivity index (χ2v) is 0.362. The number of rotatable bonds is 1. The van der Waals surface area contributed by atoms with Crippen LogP contribution in [0.1, 0.15) is 2.74 Å². The molecule has 0 unspecified atom stereocenters. The third kappa shape index (κ3) is 1.92. The van der Waals surface area contributed by atoms with Gasteiger partial charge in [-0.25, -0.2) is 0 Å². The second kappa shape index (κ2) is 2.92. The highest BCUT2D eigenvalue weighted by molar-refractivity contribution is 4.17. The zero-order valence-corrected chi connectivity index (χ0v) is 2.23. The highest BCUT2D eigenvalue weighted by atomic mass is 16.3. The van der Waals surface area contributed by atoms with Crippen LogP contribution in [0.3, 0.4) is 0 Å².